The third-order valence-corrected chi connectivity index (χ3v) is 1.23. The first-order valence-electron chi connectivity index (χ1n) is 3.39. The zero-order valence-electron chi connectivity index (χ0n) is 6.60. The van der Waals surface area contributed by atoms with Crippen LogP contribution in [0.25, 0.3) is 0 Å². The highest BCUT2D eigenvalue weighted by atomic mass is 16.6. The van der Waals surface area contributed by atoms with E-state index < -0.39 is 12.2 Å². The van der Waals surface area contributed by atoms with Crippen LogP contribution < -0.4 is 0 Å². The number of carbonyl (C=O) groups is 1. The Morgan fingerprint density at radius 1 is 1.83 bits per heavy atom. The van der Waals surface area contributed by atoms with Crippen LogP contribution in [0.1, 0.15) is 6.92 Å². The van der Waals surface area contributed by atoms with E-state index in [4.69, 9.17) is 11.2 Å². The SMILES string of the molecule is C#CC(C)OC(=O)n1ccnc1. The molecule has 1 unspecified atom stereocenters. The van der Waals surface area contributed by atoms with Crippen molar-refractivity contribution in [2.24, 2.45) is 0 Å². The van der Waals surface area contributed by atoms with Crippen LogP contribution in [0.5, 0.6) is 0 Å². The largest absolute Gasteiger partial charge is 0.433 e. The van der Waals surface area contributed by atoms with E-state index in [1.165, 1.54) is 23.3 Å². The van der Waals surface area contributed by atoms with E-state index in [1.54, 1.807) is 6.92 Å². The van der Waals surface area contributed by atoms with Crippen molar-refractivity contribution in [2.75, 3.05) is 0 Å². The number of nitrogens with zero attached hydrogens (tertiary/aromatic N) is 2. The average molecular weight is 164 g/mol. The molecule has 0 amide bonds. The van der Waals surface area contributed by atoms with Gasteiger partial charge in [0.25, 0.3) is 0 Å². The standard InChI is InChI=1S/C8H8N2O2/c1-3-7(2)12-8(11)10-5-4-9-6-10/h1,4-7H,2H3. The Labute approximate surface area is 70.2 Å². The first kappa shape index (κ1) is 8.34. The van der Waals surface area contributed by atoms with Gasteiger partial charge in [0.1, 0.15) is 6.33 Å². The van der Waals surface area contributed by atoms with E-state index in [0.717, 1.165) is 0 Å². The molecule has 0 saturated carbocycles. The number of rotatable bonds is 1. The number of hydrogen-bond acceptors (Lipinski definition) is 3. The summed E-state index contributed by atoms with van der Waals surface area (Å²) in [5, 5.41) is 0. The van der Waals surface area contributed by atoms with Gasteiger partial charge in [-0.1, -0.05) is 5.92 Å². The van der Waals surface area contributed by atoms with Gasteiger partial charge < -0.3 is 4.74 Å². The second-order valence-electron chi connectivity index (χ2n) is 2.16. The van der Waals surface area contributed by atoms with Crippen molar-refractivity contribution in [3.05, 3.63) is 18.7 Å². The van der Waals surface area contributed by atoms with Gasteiger partial charge in [0.15, 0.2) is 6.10 Å². The van der Waals surface area contributed by atoms with Gasteiger partial charge in [-0.3, -0.25) is 0 Å². The zero-order valence-corrected chi connectivity index (χ0v) is 6.60. The monoisotopic (exact) mass is 164 g/mol. The van der Waals surface area contributed by atoms with Gasteiger partial charge in [0.05, 0.1) is 0 Å². The number of terminal acetylenes is 1. The Kier molecular flexibility index (Phi) is 2.49. The molecule has 0 aliphatic carbocycles. The molecule has 1 aromatic rings. The van der Waals surface area contributed by atoms with E-state index in [1.807, 2.05) is 0 Å². The maximum Gasteiger partial charge on any atom is 0.420 e. The molecule has 4 nitrogen and oxygen atoms in total. The van der Waals surface area contributed by atoms with Crippen molar-refractivity contribution in [2.45, 2.75) is 13.0 Å². The summed E-state index contributed by atoms with van der Waals surface area (Å²) >= 11 is 0. The van der Waals surface area contributed by atoms with Crippen molar-refractivity contribution >= 4 is 6.09 Å². The molecule has 12 heavy (non-hydrogen) atoms. The van der Waals surface area contributed by atoms with Gasteiger partial charge >= 0.3 is 6.09 Å². The molecule has 1 aromatic heterocycles. The highest BCUT2D eigenvalue weighted by Crippen LogP contribution is 1.94. The van der Waals surface area contributed by atoms with Crippen molar-refractivity contribution in [3.8, 4) is 12.3 Å². The normalized spacial score (nSPS) is 11.7. The Hall–Kier alpha value is -1.76. The highest BCUT2D eigenvalue weighted by Gasteiger charge is 2.07. The Morgan fingerprint density at radius 3 is 3.08 bits per heavy atom. The second-order valence-corrected chi connectivity index (χ2v) is 2.16. The molecular formula is C8H8N2O2. The van der Waals surface area contributed by atoms with Crippen LogP contribution in [0.2, 0.25) is 0 Å². The number of hydrogen-bond donors (Lipinski definition) is 0. The summed E-state index contributed by atoms with van der Waals surface area (Å²) in [4.78, 5) is 14.8. The van der Waals surface area contributed by atoms with Gasteiger partial charge in [-0.05, 0) is 6.92 Å². The Bertz CT molecular complexity index is 297. The van der Waals surface area contributed by atoms with E-state index in [2.05, 4.69) is 10.9 Å². The molecular weight excluding hydrogens is 156 g/mol. The molecule has 0 saturated heterocycles. The molecule has 1 rings (SSSR count). The highest BCUT2D eigenvalue weighted by molar-refractivity contribution is 5.70. The lowest BCUT2D eigenvalue weighted by Crippen LogP contribution is -2.17. The zero-order chi connectivity index (χ0) is 8.97. The fourth-order valence-corrected chi connectivity index (χ4v) is 0.613. The van der Waals surface area contributed by atoms with Crippen LogP contribution in [0.15, 0.2) is 18.7 Å². The van der Waals surface area contributed by atoms with Crippen molar-refractivity contribution < 1.29 is 9.53 Å². The first-order valence-corrected chi connectivity index (χ1v) is 3.39. The third kappa shape index (κ3) is 1.86. The second kappa shape index (κ2) is 3.58. The molecule has 1 atom stereocenters. The van der Waals surface area contributed by atoms with Gasteiger partial charge in [0, 0.05) is 12.4 Å². The van der Waals surface area contributed by atoms with Crippen LogP contribution in [-0.2, 0) is 4.74 Å². The number of ether oxygens (including phenoxy) is 1. The topological polar surface area (TPSA) is 44.1 Å². The molecule has 62 valence electrons. The van der Waals surface area contributed by atoms with Crippen molar-refractivity contribution in [1.29, 1.82) is 0 Å². The summed E-state index contributed by atoms with van der Waals surface area (Å²) in [5.74, 6) is 2.28. The number of aromatic nitrogens is 2. The molecule has 0 aromatic carbocycles. The minimum Gasteiger partial charge on any atom is -0.433 e. The third-order valence-electron chi connectivity index (χ3n) is 1.23. The molecule has 0 bridgehead atoms. The summed E-state index contributed by atoms with van der Waals surface area (Å²) in [7, 11) is 0. The molecule has 0 aliphatic rings. The molecule has 0 radical (unpaired) electrons. The molecule has 0 fully saturated rings. The Balaban J connectivity index is 2.57. The van der Waals surface area contributed by atoms with Crippen LogP contribution in [-0.4, -0.2) is 21.7 Å². The first-order chi connectivity index (χ1) is 5.74. The van der Waals surface area contributed by atoms with Gasteiger partial charge in [0.2, 0.25) is 0 Å². The minimum atomic E-state index is -0.516. The van der Waals surface area contributed by atoms with Gasteiger partial charge in [-0.2, -0.15) is 0 Å². The van der Waals surface area contributed by atoms with E-state index in [9.17, 15) is 4.79 Å². The minimum absolute atomic E-state index is 0.514. The lowest BCUT2D eigenvalue weighted by Gasteiger charge is -2.05. The van der Waals surface area contributed by atoms with Crippen molar-refractivity contribution in [1.82, 2.24) is 9.55 Å². The van der Waals surface area contributed by atoms with Crippen LogP contribution >= 0.6 is 0 Å². The van der Waals surface area contributed by atoms with Gasteiger partial charge in [-0.15, -0.1) is 6.42 Å². The average Bonchev–Trinajstić information content (AvgIpc) is 2.56. The molecule has 0 N–H and O–H groups in total. The number of imidazole rings is 1. The van der Waals surface area contributed by atoms with E-state index >= 15 is 0 Å². The fraction of sp³-hybridized carbons (Fsp3) is 0.250. The van der Waals surface area contributed by atoms with E-state index in [-0.39, 0.29) is 0 Å². The van der Waals surface area contributed by atoms with Crippen molar-refractivity contribution in [3.63, 3.8) is 0 Å². The van der Waals surface area contributed by atoms with Crippen LogP contribution in [0.4, 0.5) is 4.79 Å². The summed E-state index contributed by atoms with van der Waals surface area (Å²) < 4.78 is 6.01. The summed E-state index contributed by atoms with van der Waals surface area (Å²) in [6.45, 7) is 1.62. The lowest BCUT2D eigenvalue weighted by atomic mass is 10.4. The smallest absolute Gasteiger partial charge is 0.420 e. The van der Waals surface area contributed by atoms with Crippen LogP contribution in [0.3, 0.4) is 0 Å². The Morgan fingerprint density at radius 2 is 2.58 bits per heavy atom. The van der Waals surface area contributed by atoms with E-state index in [0.29, 0.717) is 0 Å². The number of carbonyl (C=O) groups excluding carboxylic acids is 1. The molecule has 0 aliphatic heterocycles. The summed E-state index contributed by atoms with van der Waals surface area (Å²) in [5.41, 5.74) is 0. The maximum atomic E-state index is 11.1. The van der Waals surface area contributed by atoms with Gasteiger partial charge in [-0.25, -0.2) is 14.3 Å². The molecule has 1 heterocycles. The molecule has 0 spiro atoms. The predicted octanol–water partition coefficient (Wildman–Crippen LogP) is 0.889. The quantitative estimate of drug-likeness (QED) is 0.579. The summed E-state index contributed by atoms with van der Waals surface area (Å²) in [6.07, 6.45) is 8.32. The molecule has 4 heteroatoms. The van der Waals surface area contributed by atoms with Crippen LogP contribution in [0, 0.1) is 12.3 Å². The maximum absolute atomic E-state index is 11.1. The fourth-order valence-electron chi connectivity index (χ4n) is 0.613. The lowest BCUT2D eigenvalue weighted by molar-refractivity contribution is 0.132. The predicted molar refractivity (Wildman–Crippen MR) is 42.4 cm³/mol. The summed E-state index contributed by atoms with van der Waals surface area (Å²) in [6, 6.07) is 0.